The quantitative estimate of drug-likeness (QED) is 0.565. The predicted octanol–water partition coefficient (Wildman–Crippen LogP) is 2.42. The molecular weight excluding hydrogens is 310 g/mol. The molecule has 6 nitrogen and oxygen atoms in total. The number of esters is 2. The van der Waals surface area contributed by atoms with E-state index in [0.717, 1.165) is 0 Å². The maximum absolute atomic E-state index is 12.2. The van der Waals surface area contributed by atoms with Crippen molar-refractivity contribution >= 4 is 23.5 Å². The van der Waals surface area contributed by atoms with Gasteiger partial charge < -0.3 is 14.2 Å². The zero-order valence-electron chi connectivity index (χ0n) is 13.1. The summed E-state index contributed by atoms with van der Waals surface area (Å²) in [6.45, 7) is 5.16. The van der Waals surface area contributed by atoms with Gasteiger partial charge in [-0.05, 0) is 26.8 Å². The second-order valence-electron chi connectivity index (χ2n) is 4.76. The van der Waals surface area contributed by atoms with E-state index in [0.29, 0.717) is 16.5 Å². The fourth-order valence-electron chi connectivity index (χ4n) is 1.88. The second kappa shape index (κ2) is 7.98. The molecule has 1 rings (SSSR count). The van der Waals surface area contributed by atoms with Gasteiger partial charge in [0.1, 0.15) is 0 Å². The molecule has 0 amide bonds. The maximum Gasteiger partial charge on any atom is 0.323 e. The monoisotopic (exact) mass is 329 g/mol. The van der Waals surface area contributed by atoms with Crippen LogP contribution in [-0.4, -0.2) is 37.2 Å². The standard InChI is InChI=1S/C15H20ClNO5/c1-5-21-13(18)15(3,14(19)22-6-2)8-10-7-11(16)12(20-4)9-17-10/h7,9H,5-6,8H2,1-4H3. The Bertz CT molecular complexity index is 529. The molecule has 0 unspecified atom stereocenters. The zero-order valence-corrected chi connectivity index (χ0v) is 13.9. The first-order valence-electron chi connectivity index (χ1n) is 6.91. The van der Waals surface area contributed by atoms with Gasteiger partial charge in [0.25, 0.3) is 0 Å². The fourth-order valence-corrected chi connectivity index (χ4v) is 2.13. The van der Waals surface area contributed by atoms with Crippen molar-refractivity contribution in [2.24, 2.45) is 5.41 Å². The summed E-state index contributed by atoms with van der Waals surface area (Å²) < 4.78 is 15.0. The molecule has 0 spiro atoms. The number of rotatable bonds is 7. The van der Waals surface area contributed by atoms with Crippen molar-refractivity contribution in [1.29, 1.82) is 0 Å². The minimum absolute atomic E-state index is 0.0222. The Kier molecular flexibility index (Phi) is 6.61. The minimum Gasteiger partial charge on any atom is -0.494 e. The lowest BCUT2D eigenvalue weighted by Crippen LogP contribution is -2.41. The highest BCUT2D eigenvalue weighted by Gasteiger charge is 2.44. The summed E-state index contributed by atoms with van der Waals surface area (Å²) in [6, 6.07) is 1.55. The maximum atomic E-state index is 12.2. The van der Waals surface area contributed by atoms with Crippen molar-refractivity contribution < 1.29 is 23.8 Å². The summed E-state index contributed by atoms with van der Waals surface area (Å²) in [4.78, 5) is 28.5. The molecular formula is C15H20ClNO5. The van der Waals surface area contributed by atoms with Crippen molar-refractivity contribution in [1.82, 2.24) is 4.98 Å². The summed E-state index contributed by atoms with van der Waals surface area (Å²) in [7, 11) is 1.48. The Morgan fingerprint density at radius 3 is 2.18 bits per heavy atom. The lowest BCUT2D eigenvalue weighted by molar-refractivity contribution is -0.170. The summed E-state index contributed by atoms with van der Waals surface area (Å²) in [5, 5.41) is 0.350. The van der Waals surface area contributed by atoms with E-state index in [1.54, 1.807) is 19.9 Å². The molecule has 0 N–H and O–H groups in total. The average molecular weight is 330 g/mol. The Morgan fingerprint density at radius 1 is 1.23 bits per heavy atom. The van der Waals surface area contributed by atoms with Crippen LogP contribution in [0.5, 0.6) is 5.75 Å². The molecule has 0 aliphatic heterocycles. The van der Waals surface area contributed by atoms with Gasteiger partial charge in [-0.25, -0.2) is 0 Å². The third-order valence-electron chi connectivity index (χ3n) is 3.08. The van der Waals surface area contributed by atoms with E-state index in [1.807, 2.05) is 0 Å². The summed E-state index contributed by atoms with van der Waals surface area (Å²) in [5.74, 6) is -0.885. The van der Waals surface area contributed by atoms with Gasteiger partial charge in [0.2, 0.25) is 0 Å². The Hall–Kier alpha value is -1.82. The zero-order chi connectivity index (χ0) is 16.8. The molecule has 0 aliphatic rings. The first-order valence-corrected chi connectivity index (χ1v) is 7.29. The largest absolute Gasteiger partial charge is 0.494 e. The van der Waals surface area contributed by atoms with E-state index in [9.17, 15) is 9.59 Å². The van der Waals surface area contributed by atoms with E-state index < -0.39 is 17.4 Å². The number of ether oxygens (including phenoxy) is 3. The average Bonchev–Trinajstić information content (AvgIpc) is 2.47. The predicted molar refractivity (Wildman–Crippen MR) is 80.9 cm³/mol. The SMILES string of the molecule is CCOC(=O)C(C)(Cc1cc(Cl)c(OC)cn1)C(=O)OCC. The first kappa shape index (κ1) is 18.2. The molecule has 0 aliphatic carbocycles. The number of hydrogen-bond donors (Lipinski definition) is 0. The molecule has 1 heterocycles. The fraction of sp³-hybridized carbons (Fsp3) is 0.533. The van der Waals surface area contributed by atoms with Crippen molar-refractivity contribution in [2.75, 3.05) is 20.3 Å². The van der Waals surface area contributed by atoms with Crippen molar-refractivity contribution in [3.05, 3.63) is 23.0 Å². The number of hydrogen-bond acceptors (Lipinski definition) is 6. The van der Waals surface area contributed by atoms with Crippen molar-refractivity contribution in [3.63, 3.8) is 0 Å². The van der Waals surface area contributed by atoms with Crippen LogP contribution in [0.1, 0.15) is 26.5 Å². The molecule has 0 atom stereocenters. The number of pyridine rings is 1. The Labute approximate surface area is 134 Å². The van der Waals surface area contributed by atoms with Crippen LogP contribution >= 0.6 is 11.6 Å². The number of carbonyl (C=O) groups is 2. The van der Waals surface area contributed by atoms with Crippen LogP contribution in [-0.2, 0) is 25.5 Å². The van der Waals surface area contributed by atoms with Crippen molar-refractivity contribution in [2.45, 2.75) is 27.2 Å². The molecule has 22 heavy (non-hydrogen) atoms. The molecule has 7 heteroatoms. The van der Waals surface area contributed by atoms with Gasteiger partial charge in [-0.2, -0.15) is 0 Å². The Morgan fingerprint density at radius 2 is 1.77 bits per heavy atom. The lowest BCUT2D eigenvalue weighted by Gasteiger charge is -2.24. The van der Waals surface area contributed by atoms with Gasteiger partial charge >= 0.3 is 11.9 Å². The van der Waals surface area contributed by atoms with Crippen LogP contribution < -0.4 is 4.74 Å². The first-order chi connectivity index (χ1) is 10.4. The lowest BCUT2D eigenvalue weighted by atomic mass is 9.85. The minimum atomic E-state index is -1.48. The van der Waals surface area contributed by atoms with Gasteiger partial charge in [0.05, 0.1) is 31.5 Å². The van der Waals surface area contributed by atoms with Gasteiger partial charge in [-0.1, -0.05) is 11.6 Å². The number of carbonyl (C=O) groups excluding carboxylic acids is 2. The summed E-state index contributed by atoms with van der Waals surface area (Å²) in [5.41, 5.74) is -1.01. The highest BCUT2D eigenvalue weighted by atomic mass is 35.5. The smallest absolute Gasteiger partial charge is 0.323 e. The topological polar surface area (TPSA) is 74.7 Å². The highest BCUT2D eigenvalue weighted by Crippen LogP contribution is 2.29. The molecule has 0 saturated heterocycles. The third-order valence-corrected chi connectivity index (χ3v) is 3.38. The van der Waals surface area contributed by atoms with E-state index in [2.05, 4.69) is 4.98 Å². The summed E-state index contributed by atoms with van der Waals surface area (Å²) >= 11 is 6.04. The van der Waals surface area contributed by atoms with Crippen LogP contribution in [0.25, 0.3) is 0 Å². The van der Waals surface area contributed by atoms with E-state index >= 15 is 0 Å². The van der Waals surface area contributed by atoms with Crippen LogP contribution in [0.4, 0.5) is 0 Å². The third kappa shape index (κ3) is 4.10. The summed E-state index contributed by atoms with van der Waals surface area (Å²) in [6.07, 6.45) is 1.46. The molecule has 0 radical (unpaired) electrons. The number of aromatic nitrogens is 1. The van der Waals surface area contributed by atoms with Crippen LogP contribution in [0.3, 0.4) is 0 Å². The molecule has 1 aromatic heterocycles. The van der Waals surface area contributed by atoms with Gasteiger partial charge in [-0.3, -0.25) is 14.6 Å². The van der Waals surface area contributed by atoms with E-state index in [4.69, 9.17) is 25.8 Å². The second-order valence-corrected chi connectivity index (χ2v) is 5.17. The normalized spacial score (nSPS) is 11.0. The Balaban J connectivity index is 3.09. The molecule has 0 saturated carbocycles. The molecule has 0 bridgehead atoms. The van der Waals surface area contributed by atoms with Crippen LogP contribution in [0.15, 0.2) is 12.3 Å². The number of nitrogens with zero attached hydrogens (tertiary/aromatic N) is 1. The van der Waals surface area contributed by atoms with E-state index in [1.165, 1.54) is 20.2 Å². The number of methoxy groups -OCH3 is 1. The van der Waals surface area contributed by atoms with Crippen LogP contribution in [0.2, 0.25) is 5.02 Å². The van der Waals surface area contributed by atoms with E-state index in [-0.39, 0.29) is 19.6 Å². The highest BCUT2D eigenvalue weighted by molar-refractivity contribution is 6.32. The number of halogens is 1. The van der Waals surface area contributed by atoms with Gasteiger partial charge in [0, 0.05) is 12.1 Å². The van der Waals surface area contributed by atoms with Crippen LogP contribution in [0, 0.1) is 5.41 Å². The van der Waals surface area contributed by atoms with Gasteiger partial charge in [0.15, 0.2) is 11.2 Å². The molecule has 0 aromatic carbocycles. The molecule has 122 valence electrons. The van der Waals surface area contributed by atoms with Gasteiger partial charge in [-0.15, -0.1) is 0 Å². The molecule has 0 fully saturated rings. The van der Waals surface area contributed by atoms with Crippen molar-refractivity contribution in [3.8, 4) is 5.75 Å². The molecule has 1 aromatic rings.